The zero-order chi connectivity index (χ0) is 16.2. The number of carbonyl (C=O) groups is 1. The van der Waals surface area contributed by atoms with Crippen molar-refractivity contribution in [1.29, 1.82) is 0 Å². The molecule has 0 spiro atoms. The van der Waals surface area contributed by atoms with Gasteiger partial charge in [-0.25, -0.2) is 13.1 Å². The summed E-state index contributed by atoms with van der Waals surface area (Å²) in [6, 6.07) is 12.2. The second-order valence-electron chi connectivity index (χ2n) is 4.34. The number of aromatic hydroxyl groups is 1. The van der Waals surface area contributed by atoms with E-state index in [0.717, 1.165) is 4.47 Å². The van der Waals surface area contributed by atoms with Crippen molar-refractivity contribution in [2.24, 2.45) is 0 Å². The maximum atomic E-state index is 12.0. The Morgan fingerprint density at radius 2 is 1.73 bits per heavy atom. The smallest absolute Gasteiger partial charge is 0.241 e. The molecule has 8 heteroatoms. The van der Waals surface area contributed by atoms with Crippen LogP contribution in [-0.4, -0.2) is 26.0 Å². The highest BCUT2D eigenvalue weighted by molar-refractivity contribution is 9.10. The van der Waals surface area contributed by atoms with Crippen molar-refractivity contribution >= 4 is 37.5 Å². The van der Waals surface area contributed by atoms with E-state index in [4.69, 9.17) is 0 Å². The van der Waals surface area contributed by atoms with Crippen LogP contribution in [0.25, 0.3) is 0 Å². The topological polar surface area (TPSA) is 95.5 Å². The number of phenols is 1. The van der Waals surface area contributed by atoms with Gasteiger partial charge in [0.15, 0.2) is 0 Å². The van der Waals surface area contributed by atoms with Crippen molar-refractivity contribution < 1.29 is 18.3 Å². The molecule has 2 aromatic rings. The zero-order valence-electron chi connectivity index (χ0n) is 11.3. The van der Waals surface area contributed by atoms with Gasteiger partial charge >= 0.3 is 0 Å². The normalized spacial score (nSPS) is 11.1. The standard InChI is InChI=1S/C14H13BrN2O4S/c15-10-5-7-11(8-6-10)22(20,21)16-9-14(19)17-12-3-1-2-4-13(12)18/h1-8,16,18H,9H2,(H,17,19). The van der Waals surface area contributed by atoms with Gasteiger partial charge in [0, 0.05) is 4.47 Å². The van der Waals surface area contributed by atoms with Gasteiger partial charge < -0.3 is 10.4 Å². The highest BCUT2D eigenvalue weighted by atomic mass is 79.9. The van der Waals surface area contributed by atoms with E-state index in [-0.39, 0.29) is 16.3 Å². The molecule has 0 fully saturated rings. The van der Waals surface area contributed by atoms with Gasteiger partial charge in [-0.15, -0.1) is 0 Å². The first kappa shape index (κ1) is 16.5. The molecule has 1 amide bonds. The Morgan fingerprint density at radius 3 is 2.36 bits per heavy atom. The number of halogens is 1. The van der Waals surface area contributed by atoms with Crippen molar-refractivity contribution in [3.63, 3.8) is 0 Å². The molecule has 0 aliphatic carbocycles. The quantitative estimate of drug-likeness (QED) is 0.687. The summed E-state index contributed by atoms with van der Waals surface area (Å²) in [5, 5.41) is 12.0. The van der Waals surface area contributed by atoms with Crippen LogP contribution in [0.15, 0.2) is 57.9 Å². The van der Waals surface area contributed by atoms with Crippen LogP contribution in [0, 0.1) is 0 Å². The third-order valence-corrected chi connectivity index (χ3v) is 4.67. The van der Waals surface area contributed by atoms with Crippen LogP contribution in [0.5, 0.6) is 5.75 Å². The lowest BCUT2D eigenvalue weighted by Crippen LogP contribution is -2.32. The first-order valence-electron chi connectivity index (χ1n) is 6.21. The van der Waals surface area contributed by atoms with Gasteiger partial charge in [0.05, 0.1) is 17.1 Å². The average molecular weight is 385 g/mol. The Bertz CT molecular complexity index is 776. The van der Waals surface area contributed by atoms with Crippen molar-refractivity contribution in [1.82, 2.24) is 4.72 Å². The minimum absolute atomic E-state index is 0.0612. The molecule has 0 saturated heterocycles. The van der Waals surface area contributed by atoms with Gasteiger partial charge in [0.1, 0.15) is 5.75 Å². The van der Waals surface area contributed by atoms with Crippen LogP contribution in [0.2, 0.25) is 0 Å². The Hall–Kier alpha value is -1.90. The predicted molar refractivity (Wildman–Crippen MR) is 86.1 cm³/mol. The van der Waals surface area contributed by atoms with E-state index in [1.165, 1.54) is 24.3 Å². The lowest BCUT2D eigenvalue weighted by molar-refractivity contribution is -0.115. The summed E-state index contributed by atoms with van der Waals surface area (Å²) in [5.74, 6) is -0.672. The number of benzene rings is 2. The van der Waals surface area contributed by atoms with E-state index in [1.54, 1.807) is 24.3 Å². The lowest BCUT2D eigenvalue weighted by atomic mass is 10.3. The highest BCUT2D eigenvalue weighted by Gasteiger charge is 2.15. The largest absolute Gasteiger partial charge is 0.506 e. The molecule has 0 unspecified atom stereocenters. The number of carbonyl (C=O) groups excluding carboxylic acids is 1. The predicted octanol–water partition coefficient (Wildman–Crippen LogP) is 2.07. The number of hydrogen-bond donors (Lipinski definition) is 3. The fourth-order valence-electron chi connectivity index (χ4n) is 1.63. The molecule has 0 atom stereocenters. The van der Waals surface area contributed by atoms with Gasteiger partial charge in [0.25, 0.3) is 0 Å². The molecule has 2 rings (SSSR count). The third kappa shape index (κ3) is 4.30. The van der Waals surface area contributed by atoms with E-state index < -0.39 is 22.5 Å². The van der Waals surface area contributed by atoms with E-state index >= 15 is 0 Å². The van der Waals surface area contributed by atoms with Crippen LogP contribution in [0.1, 0.15) is 0 Å². The Morgan fingerprint density at radius 1 is 1.09 bits per heavy atom. The monoisotopic (exact) mass is 384 g/mol. The molecular formula is C14H13BrN2O4S. The van der Waals surface area contributed by atoms with Crippen molar-refractivity contribution in [2.45, 2.75) is 4.90 Å². The number of amides is 1. The van der Waals surface area contributed by atoms with Gasteiger partial charge in [-0.2, -0.15) is 0 Å². The van der Waals surface area contributed by atoms with Crippen LogP contribution < -0.4 is 10.0 Å². The minimum atomic E-state index is -3.77. The molecule has 6 nitrogen and oxygen atoms in total. The summed E-state index contributed by atoms with van der Waals surface area (Å²) in [7, 11) is -3.77. The van der Waals surface area contributed by atoms with Gasteiger partial charge in [-0.05, 0) is 36.4 Å². The Balaban J connectivity index is 1.98. The number of nitrogens with one attached hydrogen (secondary N) is 2. The first-order valence-corrected chi connectivity index (χ1v) is 8.49. The molecule has 22 heavy (non-hydrogen) atoms. The zero-order valence-corrected chi connectivity index (χ0v) is 13.7. The molecule has 0 heterocycles. The number of anilines is 1. The molecule has 3 N–H and O–H groups in total. The number of hydrogen-bond acceptors (Lipinski definition) is 4. The summed E-state index contributed by atoms with van der Waals surface area (Å²) in [4.78, 5) is 11.8. The van der Waals surface area contributed by atoms with Crippen molar-refractivity contribution in [2.75, 3.05) is 11.9 Å². The number of para-hydroxylation sites is 2. The van der Waals surface area contributed by atoms with Crippen molar-refractivity contribution in [3.8, 4) is 5.75 Å². The summed E-state index contributed by atoms with van der Waals surface area (Å²) in [5.41, 5.74) is 0.218. The molecule has 0 aromatic heterocycles. The fraction of sp³-hybridized carbons (Fsp3) is 0.0714. The third-order valence-electron chi connectivity index (χ3n) is 2.72. The van der Waals surface area contributed by atoms with Gasteiger partial charge in [0.2, 0.25) is 15.9 Å². The molecule has 0 aliphatic rings. The minimum Gasteiger partial charge on any atom is -0.506 e. The Kier molecular flexibility index (Phi) is 5.17. The van der Waals surface area contributed by atoms with Crippen LogP contribution in [0.4, 0.5) is 5.69 Å². The summed E-state index contributed by atoms with van der Waals surface area (Å²) >= 11 is 3.22. The molecule has 2 aromatic carbocycles. The summed E-state index contributed by atoms with van der Waals surface area (Å²) in [6.45, 7) is -0.438. The number of rotatable bonds is 5. The number of sulfonamides is 1. The average Bonchev–Trinajstić information content (AvgIpc) is 2.48. The van der Waals surface area contributed by atoms with E-state index in [0.29, 0.717) is 0 Å². The van der Waals surface area contributed by atoms with Crippen LogP contribution >= 0.6 is 15.9 Å². The maximum absolute atomic E-state index is 12.0. The maximum Gasteiger partial charge on any atom is 0.241 e. The van der Waals surface area contributed by atoms with Crippen LogP contribution in [-0.2, 0) is 14.8 Å². The van der Waals surface area contributed by atoms with Crippen LogP contribution in [0.3, 0.4) is 0 Å². The van der Waals surface area contributed by atoms with Gasteiger partial charge in [-0.1, -0.05) is 28.1 Å². The number of phenolic OH excluding ortho intramolecular Hbond substituents is 1. The van der Waals surface area contributed by atoms with Gasteiger partial charge in [-0.3, -0.25) is 4.79 Å². The van der Waals surface area contributed by atoms with E-state index in [1.807, 2.05) is 0 Å². The molecule has 0 saturated carbocycles. The molecule has 0 bridgehead atoms. The molecule has 116 valence electrons. The molecule has 0 aliphatic heterocycles. The molecular weight excluding hydrogens is 372 g/mol. The SMILES string of the molecule is O=C(CNS(=O)(=O)c1ccc(Br)cc1)Nc1ccccc1O. The first-order chi connectivity index (χ1) is 10.4. The van der Waals surface area contributed by atoms with Crippen molar-refractivity contribution in [3.05, 3.63) is 53.0 Å². The fourth-order valence-corrected chi connectivity index (χ4v) is 2.88. The second-order valence-corrected chi connectivity index (χ2v) is 7.03. The Labute approximate surface area is 136 Å². The second kappa shape index (κ2) is 6.91. The lowest BCUT2D eigenvalue weighted by Gasteiger charge is -2.09. The highest BCUT2D eigenvalue weighted by Crippen LogP contribution is 2.21. The molecule has 0 radical (unpaired) electrons. The summed E-state index contributed by atoms with van der Waals surface area (Å²) < 4.78 is 27.0. The van der Waals surface area contributed by atoms with E-state index in [2.05, 4.69) is 26.0 Å². The van der Waals surface area contributed by atoms with E-state index in [9.17, 15) is 18.3 Å². The summed E-state index contributed by atoms with van der Waals surface area (Å²) in [6.07, 6.45) is 0.